The summed E-state index contributed by atoms with van der Waals surface area (Å²) in [7, 11) is 0. The van der Waals surface area contributed by atoms with Gasteiger partial charge in [-0.3, -0.25) is 4.79 Å². The van der Waals surface area contributed by atoms with Crippen molar-refractivity contribution in [1.82, 2.24) is 0 Å². The molecular formula is C15H24ClNO2. The normalized spacial score (nSPS) is 13.2. The van der Waals surface area contributed by atoms with Crippen LogP contribution in [0.15, 0.2) is 30.3 Å². The molecule has 1 unspecified atom stereocenters. The van der Waals surface area contributed by atoms with Crippen LogP contribution >= 0.6 is 0 Å². The summed E-state index contributed by atoms with van der Waals surface area (Å²) < 4.78 is 5.00. The number of carbonyl (C=O) groups is 1. The van der Waals surface area contributed by atoms with Crippen LogP contribution in [0.1, 0.15) is 45.2 Å². The van der Waals surface area contributed by atoms with E-state index in [0.29, 0.717) is 25.1 Å². The van der Waals surface area contributed by atoms with Crippen molar-refractivity contribution in [2.24, 2.45) is 0 Å². The minimum absolute atomic E-state index is 0. The molecule has 0 aliphatic heterocycles. The molecule has 0 saturated heterocycles. The molecule has 0 spiro atoms. The highest BCUT2D eigenvalue weighted by Crippen LogP contribution is 2.08. The highest BCUT2D eigenvalue weighted by Gasteiger charge is 2.19. The second-order valence-corrected chi connectivity index (χ2v) is 4.57. The second kappa shape index (κ2) is 9.82. The Labute approximate surface area is 122 Å². The zero-order valence-corrected chi connectivity index (χ0v) is 12.7. The second-order valence-electron chi connectivity index (χ2n) is 4.57. The molecule has 0 aliphatic carbocycles. The Morgan fingerprint density at radius 3 is 2.42 bits per heavy atom. The van der Waals surface area contributed by atoms with E-state index < -0.39 is 0 Å². The first-order chi connectivity index (χ1) is 8.67. The van der Waals surface area contributed by atoms with E-state index in [1.807, 2.05) is 25.1 Å². The third kappa shape index (κ3) is 6.60. The fourth-order valence-electron chi connectivity index (χ4n) is 2.06. The van der Waals surface area contributed by atoms with Crippen LogP contribution in [-0.2, 0) is 9.53 Å². The van der Waals surface area contributed by atoms with Crippen LogP contribution in [0.3, 0.4) is 0 Å². The maximum atomic E-state index is 11.5. The fourth-order valence-corrected chi connectivity index (χ4v) is 2.06. The third-order valence-corrected chi connectivity index (χ3v) is 3.14. The van der Waals surface area contributed by atoms with Crippen molar-refractivity contribution < 1.29 is 27.3 Å². The Bertz CT molecular complexity index is 356. The molecule has 0 amide bonds. The number of hydrogen-bond acceptors (Lipinski definition) is 2. The van der Waals surface area contributed by atoms with Gasteiger partial charge in [0.1, 0.15) is 6.04 Å². The summed E-state index contributed by atoms with van der Waals surface area (Å²) in [5.41, 5.74) is 1.29. The van der Waals surface area contributed by atoms with Crippen LogP contribution in [0.2, 0.25) is 0 Å². The maximum Gasteiger partial charge on any atom is 0.311 e. The Morgan fingerprint density at radius 1 is 1.26 bits per heavy atom. The van der Waals surface area contributed by atoms with E-state index in [0.717, 1.165) is 6.42 Å². The number of nitrogens with two attached hydrogens (primary N) is 1. The summed E-state index contributed by atoms with van der Waals surface area (Å²) in [5, 5.41) is 2.26. The number of esters is 1. The van der Waals surface area contributed by atoms with E-state index in [-0.39, 0.29) is 18.4 Å². The minimum atomic E-state index is -0.0964. The average Bonchev–Trinajstić information content (AvgIpc) is 2.39. The van der Waals surface area contributed by atoms with Crippen molar-refractivity contribution in [2.75, 3.05) is 6.61 Å². The van der Waals surface area contributed by atoms with Crippen molar-refractivity contribution in [2.45, 2.75) is 45.7 Å². The zero-order valence-electron chi connectivity index (χ0n) is 11.9. The summed E-state index contributed by atoms with van der Waals surface area (Å²) in [6.45, 7) is 6.58. The van der Waals surface area contributed by atoms with Crippen LogP contribution in [0, 0.1) is 0 Å². The van der Waals surface area contributed by atoms with Gasteiger partial charge >= 0.3 is 5.97 Å². The first-order valence-corrected chi connectivity index (χ1v) is 6.72. The standard InChI is InChI=1S/C15H23NO2.ClH/c1-4-14(11-15(17)18-5-2)16-12(3)13-9-7-6-8-10-13;/h6-10,12,14,16H,4-5,11H2,1-3H3;1H/t12-,14?;/m1./s1. The van der Waals surface area contributed by atoms with Gasteiger partial charge in [-0.25, -0.2) is 0 Å². The number of hydrogen-bond donors (Lipinski definition) is 1. The topological polar surface area (TPSA) is 42.9 Å². The molecule has 1 rings (SSSR count). The van der Waals surface area contributed by atoms with E-state index in [4.69, 9.17) is 4.74 Å². The van der Waals surface area contributed by atoms with E-state index in [9.17, 15) is 4.79 Å². The molecule has 3 nitrogen and oxygen atoms in total. The van der Waals surface area contributed by atoms with Gasteiger partial charge in [-0.1, -0.05) is 37.3 Å². The highest BCUT2D eigenvalue weighted by atomic mass is 35.5. The maximum absolute atomic E-state index is 11.5. The Hall–Kier alpha value is -1.06. The number of halogens is 1. The van der Waals surface area contributed by atoms with Gasteiger partial charge in [0, 0.05) is 5.56 Å². The molecule has 0 radical (unpaired) electrons. The van der Waals surface area contributed by atoms with Gasteiger partial charge in [-0.2, -0.15) is 0 Å². The molecule has 0 bridgehead atoms. The molecule has 0 heterocycles. The van der Waals surface area contributed by atoms with Crippen LogP contribution in [-0.4, -0.2) is 18.6 Å². The van der Waals surface area contributed by atoms with Gasteiger partial charge in [-0.15, -0.1) is 0 Å². The van der Waals surface area contributed by atoms with Crippen LogP contribution in [0.4, 0.5) is 0 Å². The summed E-state index contributed by atoms with van der Waals surface area (Å²) in [4.78, 5) is 11.5. The summed E-state index contributed by atoms with van der Waals surface area (Å²) in [5.74, 6) is -0.0964. The molecule has 1 aromatic carbocycles. The van der Waals surface area contributed by atoms with Gasteiger partial charge in [0.15, 0.2) is 0 Å². The molecule has 1 aromatic rings. The van der Waals surface area contributed by atoms with Crippen molar-refractivity contribution >= 4 is 5.97 Å². The molecule has 2 atom stereocenters. The first-order valence-electron chi connectivity index (χ1n) is 6.72. The van der Waals surface area contributed by atoms with Gasteiger partial charge in [0.05, 0.1) is 19.1 Å². The molecular weight excluding hydrogens is 262 g/mol. The summed E-state index contributed by atoms with van der Waals surface area (Å²) in [6, 6.07) is 11.0. The Kier molecular flexibility index (Phi) is 9.27. The minimum Gasteiger partial charge on any atom is -1.00 e. The largest absolute Gasteiger partial charge is 1.00 e. The van der Waals surface area contributed by atoms with E-state index >= 15 is 0 Å². The number of benzene rings is 1. The molecule has 0 fully saturated rings. The SMILES string of the molecule is CCOC(=O)CC(CC)[NH2+][C@H](C)c1ccccc1.[Cl-]. The molecule has 19 heavy (non-hydrogen) atoms. The predicted octanol–water partition coefficient (Wildman–Crippen LogP) is -0.953. The van der Waals surface area contributed by atoms with E-state index in [1.165, 1.54) is 5.56 Å². The van der Waals surface area contributed by atoms with E-state index in [2.05, 4.69) is 31.3 Å². The predicted molar refractivity (Wildman–Crippen MR) is 72.1 cm³/mol. The van der Waals surface area contributed by atoms with E-state index in [1.54, 1.807) is 0 Å². The number of quaternary nitrogens is 1. The van der Waals surface area contributed by atoms with Crippen molar-refractivity contribution in [3.63, 3.8) is 0 Å². The third-order valence-electron chi connectivity index (χ3n) is 3.14. The molecule has 0 aromatic heterocycles. The number of carbonyl (C=O) groups excluding carboxylic acids is 1. The molecule has 2 N–H and O–H groups in total. The van der Waals surface area contributed by atoms with Gasteiger partial charge in [-0.05, 0) is 20.3 Å². The summed E-state index contributed by atoms with van der Waals surface area (Å²) in [6.07, 6.45) is 1.46. The number of rotatable bonds is 7. The molecule has 0 aliphatic rings. The van der Waals surface area contributed by atoms with Gasteiger partial charge in [0.2, 0.25) is 0 Å². The summed E-state index contributed by atoms with van der Waals surface area (Å²) >= 11 is 0. The van der Waals surface area contributed by atoms with Gasteiger partial charge < -0.3 is 22.5 Å². The quantitative estimate of drug-likeness (QED) is 0.657. The van der Waals surface area contributed by atoms with Crippen LogP contribution < -0.4 is 17.7 Å². The molecule has 4 heteroatoms. The Balaban J connectivity index is 0.00000324. The fraction of sp³-hybridized carbons (Fsp3) is 0.533. The Morgan fingerprint density at radius 2 is 1.89 bits per heavy atom. The molecule has 0 saturated carbocycles. The van der Waals surface area contributed by atoms with Crippen molar-refractivity contribution in [3.05, 3.63) is 35.9 Å². The van der Waals surface area contributed by atoms with Crippen molar-refractivity contribution in [1.29, 1.82) is 0 Å². The molecule has 108 valence electrons. The lowest BCUT2D eigenvalue weighted by atomic mass is 10.1. The lowest BCUT2D eigenvalue weighted by molar-refractivity contribution is -0.724. The lowest BCUT2D eigenvalue weighted by Gasteiger charge is -2.18. The van der Waals surface area contributed by atoms with Gasteiger partial charge in [0.25, 0.3) is 0 Å². The number of ether oxygens (including phenoxy) is 1. The lowest BCUT2D eigenvalue weighted by Crippen LogP contribution is -3.00. The monoisotopic (exact) mass is 285 g/mol. The smallest absolute Gasteiger partial charge is 0.311 e. The van der Waals surface area contributed by atoms with Crippen molar-refractivity contribution in [3.8, 4) is 0 Å². The first kappa shape index (κ1) is 17.9. The van der Waals surface area contributed by atoms with Crippen LogP contribution in [0.5, 0.6) is 0 Å². The average molecular weight is 286 g/mol. The highest BCUT2D eigenvalue weighted by molar-refractivity contribution is 5.69. The zero-order chi connectivity index (χ0) is 13.4. The van der Waals surface area contributed by atoms with Crippen LogP contribution in [0.25, 0.3) is 0 Å².